The molecule has 4 saturated carbocycles. The average Bonchev–Trinajstić information content (AvgIpc) is 2.85. The summed E-state index contributed by atoms with van der Waals surface area (Å²) in [6, 6.07) is 0.360. The van der Waals surface area contributed by atoms with Crippen LogP contribution in [0.15, 0.2) is 0 Å². The average molecular weight is 320 g/mol. The van der Waals surface area contributed by atoms with E-state index in [4.69, 9.17) is 5.73 Å². The number of fused-ring (bicyclic) bond motifs is 5. The van der Waals surface area contributed by atoms with Crippen LogP contribution in [0, 0.1) is 40.4 Å². The molecule has 0 radical (unpaired) electrons. The predicted molar refractivity (Wildman–Crippen MR) is 94.9 cm³/mol. The fraction of sp³-hybridized carbons (Fsp3) is 1.00. The quantitative estimate of drug-likeness (QED) is 0.754. The number of nitrogens with two attached hydrogens (primary N) is 1. The van der Waals surface area contributed by atoms with Gasteiger partial charge in [0.2, 0.25) is 0 Å². The Balaban J connectivity index is 1.60. The smallest absolute Gasteiger partial charge is 0.0543 e. The van der Waals surface area contributed by atoms with Gasteiger partial charge in [0, 0.05) is 6.04 Å². The van der Waals surface area contributed by atoms with E-state index in [1.54, 1.807) is 0 Å². The Bertz CT molecular complexity index is 463. The summed E-state index contributed by atoms with van der Waals surface area (Å²) in [5.41, 5.74) is 7.39. The summed E-state index contributed by atoms with van der Waals surface area (Å²) in [6.45, 7) is 7.40. The molecule has 3 N–H and O–H groups in total. The lowest BCUT2D eigenvalue weighted by atomic mass is 9.44. The molecule has 4 rings (SSSR count). The summed E-state index contributed by atoms with van der Waals surface area (Å²) < 4.78 is 0. The summed E-state index contributed by atoms with van der Waals surface area (Å²) >= 11 is 0. The van der Waals surface area contributed by atoms with Crippen molar-refractivity contribution in [3.05, 3.63) is 0 Å². The Labute approximate surface area is 142 Å². The van der Waals surface area contributed by atoms with Gasteiger partial charge < -0.3 is 10.8 Å². The molecular formula is C21H37NO. The Kier molecular flexibility index (Phi) is 3.89. The minimum atomic E-state index is -0.0209. The van der Waals surface area contributed by atoms with Gasteiger partial charge in [-0.15, -0.1) is 0 Å². The highest BCUT2D eigenvalue weighted by molar-refractivity contribution is 5.10. The molecule has 4 aliphatic rings. The summed E-state index contributed by atoms with van der Waals surface area (Å²) in [4.78, 5) is 0. The molecule has 0 unspecified atom stereocenters. The standard InChI is InChI=1S/C21H37NO/c1-13(22)17-6-7-18-16-5-4-14-12-15(23)8-10-20(14,2)19(16)9-11-21(17,18)3/h13-19,23H,4-12,22H2,1-3H3/t13-,14-,15+,16-,17+,18-,19+,20+,21+/m0/s1. The van der Waals surface area contributed by atoms with Crippen LogP contribution in [0.4, 0.5) is 0 Å². The van der Waals surface area contributed by atoms with E-state index in [0.717, 1.165) is 42.4 Å². The van der Waals surface area contributed by atoms with Gasteiger partial charge in [-0.25, -0.2) is 0 Å². The van der Waals surface area contributed by atoms with Gasteiger partial charge in [0.15, 0.2) is 0 Å². The van der Waals surface area contributed by atoms with Crippen molar-refractivity contribution >= 4 is 0 Å². The summed E-state index contributed by atoms with van der Waals surface area (Å²) in [5.74, 6) is 4.30. The lowest BCUT2D eigenvalue weighted by molar-refractivity contribution is -0.127. The summed E-state index contributed by atoms with van der Waals surface area (Å²) in [7, 11) is 0. The second-order valence-electron chi connectivity index (χ2n) is 10.2. The number of hydrogen-bond donors (Lipinski definition) is 2. The Hall–Kier alpha value is -0.0800. The molecule has 0 aromatic carbocycles. The molecule has 0 aromatic heterocycles. The van der Waals surface area contributed by atoms with E-state index in [1.807, 2.05) is 0 Å². The van der Waals surface area contributed by atoms with Crippen molar-refractivity contribution in [3.63, 3.8) is 0 Å². The van der Waals surface area contributed by atoms with Crippen LogP contribution in [-0.2, 0) is 0 Å². The number of rotatable bonds is 1. The van der Waals surface area contributed by atoms with Gasteiger partial charge in [0.25, 0.3) is 0 Å². The van der Waals surface area contributed by atoms with E-state index in [1.165, 1.54) is 44.9 Å². The summed E-state index contributed by atoms with van der Waals surface area (Å²) in [5, 5.41) is 10.1. The van der Waals surface area contributed by atoms with Gasteiger partial charge in [-0.3, -0.25) is 0 Å². The molecule has 0 spiro atoms. The van der Waals surface area contributed by atoms with Crippen molar-refractivity contribution in [2.45, 2.75) is 90.7 Å². The van der Waals surface area contributed by atoms with Crippen LogP contribution in [0.1, 0.15) is 78.6 Å². The van der Waals surface area contributed by atoms with Gasteiger partial charge >= 0.3 is 0 Å². The first-order valence-corrected chi connectivity index (χ1v) is 10.3. The number of hydrogen-bond acceptors (Lipinski definition) is 2. The van der Waals surface area contributed by atoms with E-state index < -0.39 is 0 Å². The molecule has 4 aliphatic carbocycles. The third-order valence-corrected chi connectivity index (χ3v) is 9.35. The SMILES string of the molecule is C[C@H](N)[C@H]1CC[C@H]2[C@@H]3CC[C@H]4C[C@H](O)CC[C@@]4(C)[C@@H]3CC[C@]12C. The van der Waals surface area contributed by atoms with Gasteiger partial charge in [0.05, 0.1) is 6.10 Å². The first-order valence-electron chi connectivity index (χ1n) is 10.3. The lowest BCUT2D eigenvalue weighted by Crippen LogP contribution is -2.54. The van der Waals surface area contributed by atoms with Crippen molar-refractivity contribution in [2.24, 2.45) is 46.2 Å². The van der Waals surface area contributed by atoms with Gasteiger partial charge in [0.1, 0.15) is 0 Å². The van der Waals surface area contributed by atoms with Crippen LogP contribution in [0.5, 0.6) is 0 Å². The highest BCUT2D eigenvalue weighted by Crippen LogP contribution is 2.67. The van der Waals surface area contributed by atoms with E-state index >= 15 is 0 Å². The molecule has 2 nitrogen and oxygen atoms in total. The first kappa shape index (κ1) is 16.4. The zero-order valence-corrected chi connectivity index (χ0v) is 15.4. The molecule has 2 heteroatoms. The monoisotopic (exact) mass is 319 g/mol. The third kappa shape index (κ3) is 2.27. The van der Waals surface area contributed by atoms with Crippen molar-refractivity contribution in [1.29, 1.82) is 0 Å². The maximum absolute atomic E-state index is 10.1. The second-order valence-corrected chi connectivity index (χ2v) is 10.2. The molecule has 132 valence electrons. The van der Waals surface area contributed by atoms with Crippen LogP contribution in [0.25, 0.3) is 0 Å². The van der Waals surface area contributed by atoms with Crippen molar-refractivity contribution in [2.75, 3.05) is 0 Å². The van der Waals surface area contributed by atoms with Crippen LogP contribution < -0.4 is 5.73 Å². The largest absolute Gasteiger partial charge is 0.393 e. The van der Waals surface area contributed by atoms with Crippen LogP contribution in [0.3, 0.4) is 0 Å². The third-order valence-electron chi connectivity index (χ3n) is 9.35. The van der Waals surface area contributed by atoms with E-state index in [-0.39, 0.29) is 6.10 Å². The fourth-order valence-electron chi connectivity index (χ4n) is 8.14. The first-order chi connectivity index (χ1) is 10.9. The summed E-state index contributed by atoms with van der Waals surface area (Å²) in [6.07, 6.45) is 11.7. The molecule has 0 heterocycles. The molecule has 0 amide bonds. The van der Waals surface area contributed by atoms with Crippen LogP contribution in [0.2, 0.25) is 0 Å². The molecule has 23 heavy (non-hydrogen) atoms. The highest BCUT2D eigenvalue weighted by Gasteiger charge is 2.60. The zero-order valence-electron chi connectivity index (χ0n) is 15.4. The Morgan fingerprint density at radius 2 is 1.61 bits per heavy atom. The maximum Gasteiger partial charge on any atom is 0.0543 e. The molecule has 0 aromatic rings. The van der Waals surface area contributed by atoms with Crippen molar-refractivity contribution in [1.82, 2.24) is 0 Å². The van der Waals surface area contributed by atoms with E-state index in [0.29, 0.717) is 16.9 Å². The molecule has 0 saturated heterocycles. The van der Waals surface area contributed by atoms with Crippen molar-refractivity contribution < 1.29 is 5.11 Å². The predicted octanol–water partition coefficient (Wildman–Crippen LogP) is 4.35. The maximum atomic E-state index is 10.1. The minimum Gasteiger partial charge on any atom is -0.393 e. The minimum absolute atomic E-state index is 0.0209. The van der Waals surface area contributed by atoms with E-state index in [9.17, 15) is 5.11 Å². The topological polar surface area (TPSA) is 46.2 Å². The van der Waals surface area contributed by atoms with Gasteiger partial charge in [-0.05, 0) is 105 Å². The van der Waals surface area contributed by atoms with Gasteiger partial charge in [-0.1, -0.05) is 13.8 Å². The highest BCUT2D eigenvalue weighted by atomic mass is 16.3. The molecule has 0 bridgehead atoms. The van der Waals surface area contributed by atoms with Crippen LogP contribution in [-0.4, -0.2) is 17.3 Å². The molecule has 0 aliphatic heterocycles. The fourth-order valence-corrected chi connectivity index (χ4v) is 8.14. The Morgan fingerprint density at radius 1 is 0.913 bits per heavy atom. The molecule has 9 atom stereocenters. The number of aliphatic hydroxyl groups is 1. The number of aliphatic hydroxyl groups excluding tert-OH is 1. The normalized spacial score (nSPS) is 57.3. The van der Waals surface area contributed by atoms with E-state index in [2.05, 4.69) is 20.8 Å². The van der Waals surface area contributed by atoms with Crippen molar-refractivity contribution in [3.8, 4) is 0 Å². The van der Waals surface area contributed by atoms with Gasteiger partial charge in [-0.2, -0.15) is 0 Å². The Morgan fingerprint density at radius 3 is 2.35 bits per heavy atom. The molecular weight excluding hydrogens is 282 g/mol. The molecule has 4 fully saturated rings. The zero-order chi connectivity index (χ0) is 16.4. The lowest BCUT2D eigenvalue weighted by Gasteiger charge is -2.61. The van der Waals surface area contributed by atoms with Crippen LogP contribution >= 0.6 is 0 Å². The second kappa shape index (κ2) is 5.46.